The van der Waals surface area contributed by atoms with Crippen molar-refractivity contribution in [2.75, 3.05) is 13.2 Å². The number of aliphatic hydroxyl groups is 1. The van der Waals surface area contributed by atoms with Gasteiger partial charge in [-0.2, -0.15) is 0 Å². The van der Waals surface area contributed by atoms with Gasteiger partial charge >= 0.3 is 0 Å². The van der Waals surface area contributed by atoms with E-state index in [-0.39, 0.29) is 17.8 Å². The number of hydrogen-bond donors (Lipinski definition) is 2. The lowest BCUT2D eigenvalue weighted by atomic mass is 10.0. The number of nitrogens with zero attached hydrogens (tertiary/aromatic N) is 1. The maximum absolute atomic E-state index is 12.4. The molecule has 1 atom stereocenters. The maximum atomic E-state index is 12.4. The van der Waals surface area contributed by atoms with Crippen molar-refractivity contribution in [2.24, 2.45) is 0 Å². The zero-order chi connectivity index (χ0) is 18.6. The fraction of sp³-hybridized carbons (Fsp3) is 0.353. The molecule has 2 aromatic rings. The van der Waals surface area contributed by atoms with E-state index in [4.69, 9.17) is 9.15 Å². The van der Waals surface area contributed by atoms with Crippen LogP contribution in [0.15, 0.2) is 34.7 Å². The number of carbonyl (C=O) groups excluding carboxylic acids is 1. The molecule has 134 valence electrons. The number of nitro benzene ring substituents is 1. The van der Waals surface area contributed by atoms with Crippen LogP contribution in [0.25, 0.3) is 0 Å². The van der Waals surface area contributed by atoms with Crippen molar-refractivity contribution in [1.29, 1.82) is 0 Å². The summed E-state index contributed by atoms with van der Waals surface area (Å²) in [6.45, 7) is 5.18. The van der Waals surface area contributed by atoms with E-state index in [0.717, 1.165) is 0 Å². The zero-order valence-electron chi connectivity index (χ0n) is 14.2. The highest BCUT2D eigenvalue weighted by Crippen LogP contribution is 2.25. The van der Waals surface area contributed by atoms with Crippen molar-refractivity contribution in [3.05, 3.63) is 57.5 Å². The monoisotopic (exact) mass is 348 g/mol. The largest absolute Gasteiger partial charge is 0.494 e. The molecular weight excluding hydrogens is 328 g/mol. The van der Waals surface area contributed by atoms with Crippen molar-refractivity contribution in [3.8, 4) is 5.75 Å². The van der Waals surface area contributed by atoms with E-state index in [1.165, 1.54) is 25.1 Å². The molecule has 0 radical (unpaired) electrons. The standard InChI is InChI=1S/C17H20N2O6/c1-4-24-12-6-7-14(19(22)23)13(9-12)16(20)18-10-17(3,21)15-8-5-11(2)25-15/h5-9,21H,4,10H2,1-3H3,(H,18,20). The van der Waals surface area contributed by atoms with Crippen LogP contribution in [0.4, 0.5) is 5.69 Å². The van der Waals surface area contributed by atoms with Gasteiger partial charge in [-0.05, 0) is 45.0 Å². The van der Waals surface area contributed by atoms with Gasteiger partial charge in [-0.15, -0.1) is 0 Å². The molecular formula is C17H20N2O6. The van der Waals surface area contributed by atoms with Crippen molar-refractivity contribution in [1.82, 2.24) is 5.32 Å². The minimum atomic E-state index is -1.45. The highest BCUT2D eigenvalue weighted by atomic mass is 16.6. The number of nitrogens with one attached hydrogen (secondary N) is 1. The number of hydrogen-bond acceptors (Lipinski definition) is 6. The van der Waals surface area contributed by atoms with Gasteiger partial charge in [0.05, 0.1) is 18.1 Å². The van der Waals surface area contributed by atoms with Crippen molar-refractivity contribution >= 4 is 11.6 Å². The van der Waals surface area contributed by atoms with E-state index in [0.29, 0.717) is 23.9 Å². The van der Waals surface area contributed by atoms with Crippen LogP contribution in [0, 0.1) is 17.0 Å². The third-order valence-corrected chi connectivity index (χ3v) is 3.58. The van der Waals surface area contributed by atoms with Gasteiger partial charge in [0.15, 0.2) is 0 Å². The molecule has 0 aliphatic carbocycles. The second-order valence-corrected chi connectivity index (χ2v) is 5.74. The second kappa shape index (κ2) is 7.35. The molecule has 0 spiro atoms. The van der Waals surface area contributed by atoms with Gasteiger partial charge < -0.3 is 19.6 Å². The average Bonchev–Trinajstić information content (AvgIpc) is 3.00. The van der Waals surface area contributed by atoms with Crippen LogP contribution in [0.2, 0.25) is 0 Å². The van der Waals surface area contributed by atoms with Gasteiger partial charge in [0.25, 0.3) is 11.6 Å². The SMILES string of the molecule is CCOc1ccc([N+](=O)[O-])c(C(=O)NCC(C)(O)c2ccc(C)o2)c1. The van der Waals surface area contributed by atoms with E-state index in [1.54, 1.807) is 26.0 Å². The number of benzene rings is 1. The Balaban J connectivity index is 2.19. The molecule has 0 fully saturated rings. The van der Waals surface area contributed by atoms with Crippen LogP contribution >= 0.6 is 0 Å². The first kappa shape index (κ1) is 18.5. The third-order valence-electron chi connectivity index (χ3n) is 3.58. The van der Waals surface area contributed by atoms with Crippen LogP contribution in [-0.2, 0) is 5.60 Å². The van der Waals surface area contributed by atoms with Gasteiger partial charge in [0.1, 0.15) is 28.4 Å². The van der Waals surface area contributed by atoms with Gasteiger partial charge in [-0.25, -0.2) is 0 Å². The molecule has 2 N–H and O–H groups in total. The molecule has 1 amide bonds. The molecule has 25 heavy (non-hydrogen) atoms. The number of aryl methyl sites for hydroxylation is 1. The number of rotatable bonds is 7. The smallest absolute Gasteiger partial charge is 0.282 e. The first-order valence-electron chi connectivity index (χ1n) is 7.73. The molecule has 1 unspecified atom stereocenters. The number of ether oxygens (including phenoxy) is 1. The molecule has 2 rings (SSSR count). The summed E-state index contributed by atoms with van der Waals surface area (Å²) in [5.74, 6) is 0.591. The summed E-state index contributed by atoms with van der Waals surface area (Å²) >= 11 is 0. The van der Waals surface area contributed by atoms with Crippen molar-refractivity contribution in [2.45, 2.75) is 26.4 Å². The minimum Gasteiger partial charge on any atom is -0.494 e. The first-order valence-corrected chi connectivity index (χ1v) is 7.73. The Hall–Kier alpha value is -2.87. The molecule has 0 aliphatic rings. The van der Waals surface area contributed by atoms with Crippen LogP contribution in [-0.4, -0.2) is 29.1 Å². The predicted molar refractivity (Wildman–Crippen MR) is 89.6 cm³/mol. The highest BCUT2D eigenvalue weighted by molar-refractivity contribution is 5.98. The average molecular weight is 348 g/mol. The lowest BCUT2D eigenvalue weighted by Gasteiger charge is -2.21. The normalized spacial score (nSPS) is 13.1. The third kappa shape index (κ3) is 4.36. The summed E-state index contributed by atoms with van der Waals surface area (Å²) in [5.41, 5.74) is -1.92. The van der Waals surface area contributed by atoms with E-state index in [2.05, 4.69) is 5.32 Å². The molecule has 1 heterocycles. The minimum absolute atomic E-state index is 0.137. The predicted octanol–water partition coefficient (Wildman–Crippen LogP) is 2.53. The number of amides is 1. The Labute approximate surface area is 144 Å². The van der Waals surface area contributed by atoms with E-state index in [1.807, 2.05) is 0 Å². The van der Waals surface area contributed by atoms with Crippen molar-refractivity contribution < 1.29 is 24.0 Å². The lowest BCUT2D eigenvalue weighted by Crippen LogP contribution is -2.38. The lowest BCUT2D eigenvalue weighted by molar-refractivity contribution is -0.385. The van der Waals surface area contributed by atoms with Gasteiger partial charge in [0, 0.05) is 6.07 Å². The van der Waals surface area contributed by atoms with Crippen LogP contribution in [0.5, 0.6) is 5.75 Å². The Morgan fingerprint density at radius 1 is 1.40 bits per heavy atom. The molecule has 0 aliphatic heterocycles. The number of nitro groups is 1. The van der Waals surface area contributed by atoms with Gasteiger partial charge in [-0.1, -0.05) is 0 Å². The fourth-order valence-electron chi connectivity index (χ4n) is 2.27. The molecule has 8 heteroatoms. The van der Waals surface area contributed by atoms with E-state index < -0.39 is 16.4 Å². The number of carbonyl (C=O) groups is 1. The quantitative estimate of drug-likeness (QED) is 0.587. The van der Waals surface area contributed by atoms with E-state index in [9.17, 15) is 20.0 Å². The molecule has 0 saturated carbocycles. The Morgan fingerprint density at radius 3 is 2.68 bits per heavy atom. The van der Waals surface area contributed by atoms with Gasteiger partial charge in [-0.3, -0.25) is 14.9 Å². The molecule has 1 aromatic heterocycles. The first-order chi connectivity index (χ1) is 11.7. The molecule has 1 aromatic carbocycles. The summed E-state index contributed by atoms with van der Waals surface area (Å²) < 4.78 is 10.7. The van der Waals surface area contributed by atoms with Crippen LogP contribution in [0.3, 0.4) is 0 Å². The number of furan rings is 1. The van der Waals surface area contributed by atoms with E-state index >= 15 is 0 Å². The summed E-state index contributed by atoms with van der Waals surface area (Å²) in [6, 6.07) is 7.26. The van der Waals surface area contributed by atoms with Gasteiger partial charge in [0.2, 0.25) is 0 Å². The van der Waals surface area contributed by atoms with Crippen LogP contribution < -0.4 is 10.1 Å². The zero-order valence-corrected chi connectivity index (χ0v) is 14.2. The van der Waals surface area contributed by atoms with Crippen molar-refractivity contribution in [3.63, 3.8) is 0 Å². The molecule has 8 nitrogen and oxygen atoms in total. The maximum Gasteiger partial charge on any atom is 0.282 e. The summed E-state index contributed by atoms with van der Waals surface area (Å²) in [6.07, 6.45) is 0. The second-order valence-electron chi connectivity index (χ2n) is 5.74. The summed E-state index contributed by atoms with van der Waals surface area (Å²) in [4.78, 5) is 22.9. The molecule has 0 saturated heterocycles. The molecule has 0 bridgehead atoms. The Morgan fingerprint density at radius 2 is 2.12 bits per heavy atom. The topological polar surface area (TPSA) is 115 Å². The Bertz CT molecular complexity index is 781. The fourth-order valence-corrected chi connectivity index (χ4v) is 2.27. The highest BCUT2D eigenvalue weighted by Gasteiger charge is 2.29. The summed E-state index contributed by atoms with van der Waals surface area (Å²) in [5, 5.41) is 24.1. The Kier molecular flexibility index (Phi) is 5.43. The summed E-state index contributed by atoms with van der Waals surface area (Å²) in [7, 11) is 0. The van der Waals surface area contributed by atoms with Crippen LogP contribution in [0.1, 0.15) is 35.7 Å².